The average molecular weight is 249 g/mol. The third-order valence-corrected chi connectivity index (χ3v) is 2.83. The third kappa shape index (κ3) is 5.35. The van der Waals surface area contributed by atoms with Gasteiger partial charge in [0.1, 0.15) is 18.6 Å². The molecule has 16 heavy (non-hydrogen) atoms. The van der Waals surface area contributed by atoms with E-state index in [1.807, 2.05) is 0 Å². The summed E-state index contributed by atoms with van der Waals surface area (Å²) in [6.45, 7) is 0.210. The van der Waals surface area contributed by atoms with Crippen molar-refractivity contribution in [2.75, 3.05) is 13.2 Å². The molecule has 0 bridgehead atoms. The molecule has 5 heteroatoms. The van der Waals surface area contributed by atoms with Crippen LogP contribution in [0.3, 0.4) is 0 Å². The van der Waals surface area contributed by atoms with Gasteiger partial charge in [0.2, 0.25) is 0 Å². The molecule has 0 aromatic heterocycles. The molecule has 92 valence electrons. The van der Waals surface area contributed by atoms with Crippen molar-refractivity contribution >= 4 is 23.5 Å². The van der Waals surface area contributed by atoms with Crippen molar-refractivity contribution in [2.45, 2.75) is 43.9 Å². The lowest BCUT2D eigenvalue weighted by Crippen LogP contribution is -2.20. The van der Waals surface area contributed by atoms with E-state index < -0.39 is 11.3 Å². The van der Waals surface area contributed by atoms with Gasteiger partial charge in [-0.1, -0.05) is 19.3 Å². The molecule has 1 aliphatic heterocycles. The number of ether oxygens (including phenoxy) is 2. The summed E-state index contributed by atoms with van der Waals surface area (Å²) < 4.78 is 9.75. The second-order valence-electron chi connectivity index (χ2n) is 3.81. The standard InChI is InChI=1S/C11H17ClO4/c12-9-5-3-1-2-4-6-10(13)15-7-8-16-11(9)14/h9H,1-8H2. The highest BCUT2D eigenvalue weighted by Gasteiger charge is 2.17. The van der Waals surface area contributed by atoms with E-state index in [1.165, 1.54) is 0 Å². The highest BCUT2D eigenvalue weighted by Crippen LogP contribution is 2.13. The quantitative estimate of drug-likeness (QED) is 0.486. The van der Waals surface area contributed by atoms with Crippen LogP contribution < -0.4 is 0 Å². The fourth-order valence-corrected chi connectivity index (χ4v) is 1.74. The van der Waals surface area contributed by atoms with E-state index in [-0.39, 0.29) is 19.2 Å². The van der Waals surface area contributed by atoms with Gasteiger partial charge in [-0.2, -0.15) is 0 Å². The highest BCUT2D eigenvalue weighted by atomic mass is 35.5. The fourth-order valence-electron chi connectivity index (χ4n) is 1.52. The second-order valence-corrected chi connectivity index (χ2v) is 4.34. The summed E-state index contributed by atoms with van der Waals surface area (Å²) in [5.41, 5.74) is 0. The summed E-state index contributed by atoms with van der Waals surface area (Å²) in [7, 11) is 0. The first-order chi connectivity index (χ1) is 7.70. The minimum absolute atomic E-state index is 0.0911. The lowest BCUT2D eigenvalue weighted by atomic mass is 10.1. The maximum absolute atomic E-state index is 11.3. The summed E-state index contributed by atoms with van der Waals surface area (Å²) in [5.74, 6) is -0.644. The van der Waals surface area contributed by atoms with Crippen molar-refractivity contribution in [3.8, 4) is 0 Å². The van der Waals surface area contributed by atoms with Crippen LogP contribution in [0.25, 0.3) is 0 Å². The molecule has 1 heterocycles. The molecule has 4 nitrogen and oxygen atoms in total. The summed E-state index contributed by atoms with van der Waals surface area (Å²) in [4.78, 5) is 22.4. The number of rotatable bonds is 0. The molecule has 0 N–H and O–H groups in total. The van der Waals surface area contributed by atoms with Crippen molar-refractivity contribution < 1.29 is 19.1 Å². The molecule has 0 aliphatic carbocycles. The molecule has 0 aromatic carbocycles. The highest BCUT2D eigenvalue weighted by molar-refractivity contribution is 6.29. The SMILES string of the molecule is O=C1CCCCCCC(Cl)C(=O)OCCO1. The van der Waals surface area contributed by atoms with E-state index in [9.17, 15) is 9.59 Å². The van der Waals surface area contributed by atoms with Crippen LogP contribution in [0.1, 0.15) is 38.5 Å². The summed E-state index contributed by atoms with van der Waals surface area (Å²) in [6, 6.07) is 0. The van der Waals surface area contributed by atoms with Gasteiger partial charge < -0.3 is 9.47 Å². The molecule has 0 spiro atoms. The van der Waals surface area contributed by atoms with Crippen molar-refractivity contribution in [1.82, 2.24) is 0 Å². The van der Waals surface area contributed by atoms with Crippen LogP contribution >= 0.6 is 11.6 Å². The normalized spacial score (nSPS) is 25.7. The first kappa shape index (κ1) is 13.3. The largest absolute Gasteiger partial charge is 0.462 e. The van der Waals surface area contributed by atoms with E-state index in [1.54, 1.807) is 0 Å². The van der Waals surface area contributed by atoms with Crippen molar-refractivity contribution in [3.63, 3.8) is 0 Å². The van der Waals surface area contributed by atoms with Crippen LogP contribution in [0.2, 0.25) is 0 Å². The Bertz CT molecular complexity index is 242. The van der Waals surface area contributed by atoms with E-state index in [4.69, 9.17) is 21.1 Å². The van der Waals surface area contributed by atoms with Crippen LogP contribution in [0.15, 0.2) is 0 Å². The molecule has 0 amide bonds. The molecule has 0 saturated carbocycles. The molecule has 0 radical (unpaired) electrons. The molecule has 1 fully saturated rings. The Morgan fingerprint density at radius 2 is 1.69 bits per heavy atom. The van der Waals surface area contributed by atoms with Crippen LogP contribution in [-0.2, 0) is 19.1 Å². The number of hydrogen-bond donors (Lipinski definition) is 0. The van der Waals surface area contributed by atoms with E-state index in [0.717, 1.165) is 25.7 Å². The summed E-state index contributed by atoms with van der Waals surface area (Å²) in [6.07, 6.45) is 4.74. The fraction of sp³-hybridized carbons (Fsp3) is 0.818. The van der Waals surface area contributed by atoms with Gasteiger partial charge in [0.05, 0.1) is 0 Å². The monoisotopic (exact) mass is 248 g/mol. The maximum atomic E-state index is 11.3. The minimum atomic E-state index is -0.573. The molecule has 1 saturated heterocycles. The van der Waals surface area contributed by atoms with Crippen LogP contribution in [0.5, 0.6) is 0 Å². The van der Waals surface area contributed by atoms with E-state index in [2.05, 4.69) is 0 Å². The summed E-state index contributed by atoms with van der Waals surface area (Å²) >= 11 is 5.85. The zero-order chi connectivity index (χ0) is 11.8. The Labute approximate surface area is 100 Å². The summed E-state index contributed by atoms with van der Waals surface area (Å²) in [5, 5.41) is -0.573. The number of halogens is 1. The van der Waals surface area contributed by atoms with E-state index in [0.29, 0.717) is 12.8 Å². The molecule has 1 rings (SSSR count). The molecular weight excluding hydrogens is 232 g/mol. The Morgan fingerprint density at radius 1 is 1.00 bits per heavy atom. The average Bonchev–Trinajstić information content (AvgIpc) is 2.28. The van der Waals surface area contributed by atoms with Crippen molar-refractivity contribution in [1.29, 1.82) is 0 Å². The smallest absolute Gasteiger partial charge is 0.324 e. The number of carbonyl (C=O) groups excluding carboxylic acids is 2. The van der Waals surface area contributed by atoms with Gasteiger partial charge in [-0.25, -0.2) is 0 Å². The molecular formula is C11H17ClO4. The number of carbonyl (C=O) groups is 2. The maximum Gasteiger partial charge on any atom is 0.324 e. The molecule has 1 unspecified atom stereocenters. The van der Waals surface area contributed by atoms with E-state index >= 15 is 0 Å². The van der Waals surface area contributed by atoms with Gasteiger partial charge in [-0.3, -0.25) is 9.59 Å². The zero-order valence-corrected chi connectivity index (χ0v) is 10.0. The Morgan fingerprint density at radius 3 is 2.50 bits per heavy atom. The second kappa shape index (κ2) is 7.49. The van der Waals surface area contributed by atoms with Gasteiger partial charge in [-0.05, 0) is 12.8 Å². The first-order valence-electron chi connectivity index (χ1n) is 5.66. The van der Waals surface area contributed by atoms with Crippen molar-refractivity contribution in [3.05, 3.63) is 0 Å². The molecule has 1 aliphatic rings. The Balaban J connectivity index is 2.37. The van der Waals surface area contributed by atoms with Gasteiger partial charge >= 0.3 is 11.9 Å². The minimum Gasteiger partial charge on any atom is -0.462 e. The number of cyclic esters (lactones) is 2. The first-order valence-corrected chi connectivity index (χ1v) is 6.10. The predicted octanol–water partition coefficient (Wildman–Crippen LogP) is 2.03. The number of alkyl halides is 1. The van der Waals surface area contributed by atoms with Crippen LogP contribution in [0.4, 0.5) is 0 Å². The van der Waals surface area contributed by atoms with Gasteiger partial charge in [0, 0.05) is 6.42 Å². The van der Waals surface area contributed by atoms with Crippen LogP contribution in [-0.4, -0.2) is 30.5 Å². The number of hydrogen-bond acceptors (Lipinski definition) is 4. The lowest BCUT2D eigenvalue weighted by Gasteiger charge is -2.08. The topological polar surface area (TPSA) is 52.6 Å². The van der Waals surface area contributed by atoms with Gasteiger partial charge in [0.15, 0.2) is 0 Å². The predicted molar refractivity (Wildman–Crippen MR) is 59.3 cm³/mol. The third-order valence-electron chi connectivity index (χ3n) is 2.43. The molecule has 1 atom stereocenters. The van der Waals surface area contributed by atoms with Gasteiger partial charge in [-0.15, -0.1) is 11.6 Å². The van der Waals surface area contributed by atoms with Gasteiger partial charge in [0.25, 0.3) is 0 Å². The Kier molecular flexibility index (Phi) is 6.23. The number of esters is 2. The zero-order valence-electron chi connectivity index (χ0n) is 9.25. The lowest BCUT2D eigenvalue weighted by molar-refractivity contribution is -0.152. The van der Waals surface area contributed by atoms with Crippen molar-refractivity contribution in [2.24, 2.45) is 0 Å². The Hall–Kier alpha value is -0.770. The van der Waals surface area contributed by atoms with Crippen LogP contribution in [0, 0.1) is 0 Å². The molecule has 0 aromatic rings.